The molecule has 1 aromatic carbocycles. The molecule has 1 unspecified atom stereocenters. The molecule has 36 heavy (non-hydrogen) atoms. The molecule has 0 saturated carbocycles. The number of anilines is 1. The summed E-state index contributed by atoms with van der Waals surface area (Å²) in [6, 6.07) is 5.50. The lowest BCUT2D eigenvalue weighted by molar-refractivity contribution is -0.126. The summed E-state index contributed by atoms with van der Waals surface area (Å²) < 4.78 is 30.1. The molecule has 1 saturated heterocycles. The van der Waals surface area contributed by atoms with Crippen molar-refractivity contribution in [2.24, 2.45) is 0 Å². The van der Waals surface area contributed by atoms with Crippen LogP contribution in [-0.2, 0) is 16.9 Å². The minimum atomic E-state index is -1.62. The van der Waals surface area contributed by atoms with E-state index in [2.05, 4.69) is 25.3 Å². The van der Waals surface area contributed by atoms with Crippen LogP contribution in [-0.4, -0.2) is 65.7 Å². The first-order chi connectivity index (χ1) is 17.3. The van der Waals surface area contributed by atoms with E-state index in [0.717, 1.165) is 11.1 Å². The Morgan fingerprint density at radius 1 is 1.08 bits per heavy atom. The summed E-state index contributed by atoms with van der Waals surface area (Å²) in [7, 11) is 0. The van der Waals surface area contributed by atoms with Gasteiger partial charge in [-0.15, -0.1) is 0 Å². The first-order valence-corrected chi connectivity index (χ1v) is 11.8. The van der Waals surface area contributed by atoms with Crippen molar-refractivity contribution in [1.29, 1.82) is 0 Å². The number of likely N-dealkylation sites (tertiary alicyclic amines) is 1. The van der Waals surface area contributed by atoms with Crippen LogP contribution in [0, 0.1) is 6.92 Å². The smallest absolute Gasteiger partial charge is 0.249 e. The van der Waals surface area contributed by atoms with Gasteiger partial charge in [-0.3, -0.25) is 9.69 Å². The summed E-state index contributed by atoms with van der Waals surface area (Å²) in [5.41, 5.74) is 3.42. The number of benzene rings is 1. The van der Waals surface area contributed by atoms with Crippen LogP contribution in [0.3, 0.4) is 0 Å². The number of alkyl halides is 2. The average Bonchev–Trinajstić information content (AvgIpc) is 3.51. The van der Waals surface area contributed by atoms with E-state index in [9.17, 15) is 13.6 Å². The van der Waals surface area contributed by atoms with E-state index in [0.29, 0.717) is 46.3 Å². The molecule has 4 aromatic rings. The highest BCUT2D eigenvalue weighted by Crippen LogP contribution is 2.44. The number of rotatable bonds is 4. The van der Waals surface area contributed by atoms with E-state index in [-0.39, 0.29) is 19.0 Å². The molecule has 184 valence electrons. The Balaban J connectivity index is 1.49. The molecule has 1 fully saturated rings. The topological polar surface area (TPSA) is 102 Å². The lowest BCUT2D eigenvalue weighted by atomic mass is 9.90. The van der Waals surface area contributed by atoms with Crippen LogP contribution >= 0.6 is 0 Å². The van der Waals surface area contributed by atoms with Crippen LogP contribution in [0.15, 0.2) is 36.9 Å². The Labute approximate surface area is 205 Å². The summed E-state index contributed by atoms with van der Waals surface area (Å²) in [6.07, 6.45) is 1.70. The summed E-state index contributed by atoms with van der Waals surface area (Å²) in [4.78, 5) is 37.1. The molecule has 0 radical (unpaired) electrons. The Morgan fingerprint density at radius 3 is 2.50 bits per heavy atom. The van der Waals surface area contributed by atoms with E-state index in [4.69, 9.17) is 4.98 Å². The van der Waals surface area contributed by atoms with Gasteiger partial charge in [-0.25, -0.2) is 33.7 Å². The molecular formula is C25H24F2N8O. The van der Waals surface area contributed by atoms with E-state index >= 15 is 0 Å². The first-order valence-electron chi connectivity index (χ1n) is 11.8. The van der Waals surface area contributed by atoms with E-state index in [1.807, 2.05) is 30.5 Å². The molecule has 3 aromatic heterocycles. The molecule has 5 heterocycles. The van der Waals surface area contributed by atoms with Gasteiger partial charge in [0.05, 0.1) is 5.56 Å². The summed E-state index contributed by atoms with van der Waals surface area (Å²) >= 11 is 0. The number of aromatic nitrogens is 6. The third-order valence-electron chi connectivity index (χ3n) is 7.21. The standard InChI is InChI=1S/C25H24F2N8O/c1-4-35-22(15-8-28-13(2)29-9-15)33-21-20(30-12-31-23(21)35)14-5-6-19-16(7-14)25(3,24(36)32-19)34-10-17(26)18(27)11-34/h5-9,12,17-18H,4,10-11H2,1-3H3,(H,32,36)/t17-,18-,25?/m1/s1. The number of imidazole rings is 1. The fourth-order valence-corrected chi connectivity index (χ4v) is 5.15. The van der Waals surface area contributed by atoms with Gasteiger partial charge >= 0.3 is 0 Å². The molecule has 1 amide bonds. The minimum absolute atomic E-state index is 0.143. The molecule has 0 bridgehead atoms. The second-order valence-electron chi connectivity index (χ2n) is 9.32. The molecule has 2 aliphatic rings. The van der Waals surface area contributed by atoms with Crippen LogP contribution in [0.5, 0.6) is 0 Å². The molecule has 6 rings (SSSR count). The van der Waals surface area contributed by atoms with Crippen LogP contribution in [0.1, 0.15) is 25.2 Å². The number of fused-ring (bicyclic) bond motifs is 2. The Morgan fingerprint density at radius 2 is 1.81 bits per heavy atom. The lowest BCUT2D eigenvalue weighted by Crippen LogP contribution is -2.48. The normalized spacial score (nSPS) is 23.9. The van der Waals surface area contributed by atoms with Gasteiger partial charge in [0.1, 0.15) is 47.1 Å². The number of nitrogens with zero attached hydrogens (tertiary/aromatic N) is 7. The zero-order valence-electron chi connectivity index (χ0n) is 20.0. The summed E-state index contributed by atoms with van der Waals surface area (Å²) in [5.74, 6) is 1.04. The highest BCUT2D eigenvalue weighted by atomic mass is 19.2. The largest absolute Gasteiger partial charge is 0.324 e. The molecule has 11 heteroatoms. The Bertz CT molecular complexity index is 1490. The molecule has 9 nitrogen and oxygen atoms in total. The van der Waals surface area contributed by atoms with Gasteiger partial charge in [-0.1, -0.05) is 6.07 Å². The monoisotopic (exact) mass is 490 g/mol. The van der Waals surface area contributed by atoms with Gasteiger partial charge in [0.15, 0.2) is 5.65 Å². The predicted molar refractivity (Wildman–Crippen MR) is 130 cm³/mol. The Hall–Kier alpha value is -3.86. The van der Waals surface area contributed by atoms with Gasteiger partial charge in [-0.05, 0) is 32.9 Å². The van der Waals surface area contributed by atoms with E-state index < -0.39 is 17.9 Å². The quantitative estimate of drug-likeness (QED) is 0.468. The van der Waals surface area contributed by atoms with Crippen molar-refractivity contribution >= 4 is 22.8 Å². The number of carbonyl (C=O) groups is 1. The highest BCUT2D eigenvalue weighted by Gasteiger charge is 2.52. The van der Waals surface area contributed by atoms with Crippen molar-refractivity contribution in [3.05, 3.63) is 48.3 Å². The predicted octanol–water partition coefficient (Wildman–Crippen LogP) is 3.44. The van der Waals surface area contributed by atoms with Crippen LogP contribution < -0.4 is 5.32 Å². The lowest BCUT2D eigenvalue weighted by Gasteiger charge is -2.33. The van der Waals surface area contributed by atoms with Crippen LogP contribution in [0.25, 0.3) is 33.8 Å². The second kappa shape index (κ2) is 8.09. The molecule has 1 N–H and O–H groups in total. The van der Waals surface area contributed by atoms with Gasteiger partial charge in [-0.2, -0.15) is 0 Å². The van der Waals surface area contributed by atoms with Gasteiger partial charge < -0.3 is 9.88 Å². The number of halogens is 2. The van der Waals surface area contributed by atoms with Gasteiger partial charge in [0.2, 0.25) is 5.91 Å². The third-order valence-corrected chi connectivity index (χ3v) is 7.21. The highest BCUT2D eigenvalue weighted by molar-refractivity contribution is 6.06. The molecule has 3 atom stereocenters. The zero-order valence-corrected chi connectivity index (χ0v) is 20.0. The zero-order chi connectivity index (χ0) is 25.2. The number of aryl methyl sites for hydroxylation is 2. The van der Waals surface area contributed by atoms with E-state index in [1.54, 1.807) is 30.3 Å². The maximum Gasteiger partial charge on any atom is 0.249 e. The first kappa shape index (κ1) is 22.6. The molecule has 0 aliphatic carbocycles. The Kier molecular flexibility index (Phi) is 5.08. The fraction of sp³-hybridized carbons (Fsp3) is 0.360. The number of hydrogen-bond acceptors (Lipinski definition) is 7. The number of hydrogen-bond donors (Lipinski definition) is 1. The van der Waals surface area contributed by atoms with Gasteiger partial charge in [0, 0.05) is 48.8 Å². The van der Waals surface area contributed by atoms with Crippen molar-refractivity contribution < 1.29 is 13.6 Å². The van der Waals surface area contributed by atoms with Crippen LogP contribution in [0.2, 0.25) is 0 Å². The van der Waals surface area contributed by atoms with Crippen molar-refractivity contribution in [2.75, 3.05) is 18.4 Å². The van der Waals surface area contributed by atoms with E-state index in [1.165, 1.54) is 6.33 Å². The maximum atomic E-state index is 14.1. The molecule has 2 aliphatic heterocycles. The fourth-order valence-electron chi connectivity index (χ4n) is 5.15. The summed E-state index contributed by atoms with van der Waals surface area (Å²) in [5, 5.41) is 2.87. The molecule has 0 spiro atoms. The summed E-state index contributed by atoms with van der Waals surface area (Å²) in [6.45, 7) is 5.87. The molecular weight excluding hydrogens is 466 g/mol. The third kappa shape index (κ3) is 3.22. The number of carbonyl (C=O) groups excluding carboxylic acids is 1. The van der Waals surface area contributed by atoms with Gasteiger partial charge in [0.25, 0.3) is 0 Å². The van der Waals surface area contributed by atoms with Crippen molar-refractivity contribution in [3.8, 4) is 22.6 Å². The van der Waals surface area contributed by atoms with Crippen molar-refractivity contribution in [1.82, 2.24) is 34.4 Å². The number of nitrogens with one attached hydrogen (secondary N) is 1. The maximum absolute atomic E-state index is 14.1. The van der Waals surface area contributed by atoms with Crippen molar-refractivity contribution in [3.63, 3.8) is 0 Å². The minimum Gasteiger partial charge on any atom is -0.324 e. The number of amides is 1. The average molecular weight is 491 g/mol. The second-order valence-corrected chi connectivity index (χ2v) is 9.32. The van der Waals surface area contributed by atoms with Crippen LogP contribution in [0.4, 0.5) is 14.5 Å². The SMILES string of the molecule is CCn1c(-c2cnc(C)nc2)nc2c(-c3ccc4c(c3)C(C)(N3C[C@@H](F)[C@H](F)C3)C(=O)N4)ncnc21. The van der Waals surface area contributed by atoms with Crippen molar-refractivity contribution in [2.45, 2.75) is 45.2 Å².